The van der Waals surface area contributed by atoms with Crippen LogP contribution in [0.2, 0.25) is 0 Å². The Morgan fingerprint density at radius 1 is 1.14 bits per heavy atom. The van der Waals surface area contributed by atoms with Crippen LogP contribution in [0.1, 0.15) is 5.56 Å². The number of rotatable bonds is 4. The van der Waals surface area contributed by atoms with E-state index in [9.17, 15) is 10.1 Å². The van der Waals surface area contributed by atoms with Crippen molar-refractivity contribution in [1.29, 1.82) is 0 Å². The number of nitrogens with one attached hydrogen (secondary N) is 1. The van der Waals surface area contributed by atoms with E-state index in [0.29, 0.717) is 11.2 Å². The lowest BCUT2D eigenvalue weighted by molar-refractivity contribution is -0.383. The minimum absolute atomic E-state index is 0.128. The predicted octanol–water partition coefficient (Wildman–Crippen LogP) is 3.81. The number of hydrogen-bond acceptors (Lipinski definition) is 6. The van der Waals surface area contributed by atoms with Crippen molar-refractivity contribution in [2.24, 2.45) is 0 Å². The van der Waals surface area contributed by atoms with Gasteiger partial charge in [-0.05, 0) is 34.1 Å². The number of non-ortho nitro benzene ring substituents is 1. The van der Waals surface area contributed by atoms with Crippen LogP contribution in [0.4, 0.5) is 17.1 Å². The second kappa shape index (κ2) is 5.64. The number of fused-ring (bicyclic) bond motifs is 1. The number of halogens is 1. The summed E-state index contributed by atoms with van der Waals surface area (Å²) in [5.74, 6) is 0. The van der Waals surface area contributed by atoms with Crippen molar-refractivity contribution in [3.63, 3.8) is 0 Å². The first kappa shape index (κ1) is 13.7. The summed E-state index contributed by atoms with van der Waals surface area (Å²) in [6.07, 6.45) is 0. The molecule has 1 heterocycles. The van der Waals surface area contributed by atoms with Crippen molar-refractivity contribution < 1.29 is 9.55 Å². The first-order valence-corrected chi connectivity index (χ1v) is 7.53. The number of nitro groups is 1. The Kier molecular flexibility index (Phi) is 3.69. The first-order valence-electron chi connectivity index (χ1n) is 6.00. The Labute approximate surface area is 132 Å². The molecule has 106 valence electrons. The molecule has 0 amide bonds. The van der Waals surface area contributed by atoms with Gasteiger partial charge in [0.2, 0.25) is 5.52 Å². The highest BCUT2D eigenvalue weighted by atomic mass is 127. The number of nitrogens with zero attached hydrogens (tertiary/aromatic N) is 3. The third-order valence-electron chi connectivity index (χ3n) is 2.98. The van der Waals surface area contributed by atoms with Crippen LogP contribution in [0.15, 0.2) is 41.0 Å². The molecule has 0 aliphatic rings. The average Bonchev–Trinajstić information content (AvgIpc) is 2.98. The van der Waals surface area contributed by atoms with Crippen LogP contribution < -0.4 is 5.32 Å². The quantitative estimate of drug-likeness (QED) is 0.312. The molecule has 0 bridgehead atoms. The van der Waals surface area contributed by atoms with E-state index < -0.39 is 4.92 Å². The van der Waals surface area contributed by atoms with Crippen molar-refractivity contribution in [2.45, 2.75) is 4.43 Å². The standard InChI is InChI=1S/C13H9IN4O3/c14-7-8-1-3-9(4-2-8)15-10-5-6-11(18(19)20)13-12(10)16-21-17-13/h1-6,15H,7H2. The largest absolute Gasteiger partial charge is 0.354 e. The molecule has 0 saturated carbocycles. The van der Waals surface area contributed by atoms with E-state index in [1.165, 1.54) is 11.6 Å². The van der Waals surface area contributed by atoms with Gasteiger partial charge in [0.05, 0.1) is 10.6 Å². The van der Waals surface area contributed by atoms with E-state index in [0.717, 1.165) is 10.1 Å². The monoisotopic (exact) mass is 396 g/mol. The van der Waals surface area contributed by atoms with Crippen LogP contribution in [0.25, 0.3) is 11.0 Å². The highest BCUT2D eigenvalue weighted by Gasteiger charge is 2.19. The van der Waals surface area contributed by atoms with E-state index in [4.69, 9.17) is 0 Å². The van der Waals surface area contributed by atoms with Gasteiger partial charge in [-0.3, -0.25) is 10.1 Å². The van der Waals surface area contributed by atoms with Gasteiger partial charge in [-0.15, -0.1) is 0 Å². The molecular weight excluding hydrogens is 387 g/mol. The summed E-state index contributed by atoms with van der Waals surface area (Å²) in [6, 6.07) is 10.9. The third-order valence-corrected chi connectivity index (χ3v) is 3.86. The van der Waals surface area contributed by atoms with E-state index >= 15 is 0 Å². The molecule has 0 unspecified atom stereocenters. The Balaban J connectivity index is 1.99. The molecule has 2 aromatic carbocycles. The minimum Gasteiger partial charge on any atom is -0.354 e. The fourth-order valence-corrected chi connectivity index (χ4v) is 2.44. The summed E-state index contributed by atoms with van der Waals surface area (Å²) < 4.78 is 5.56. The maximum absolute atomic E-state index is 10.9. The highest BCUT2D eigenvalue weighted by Crippen LogP contribution is 2.30. The number of hydrogen-bond donors (Lipinski definition) is 1. The predicted molar refractivity (Wildman–Crippen MR) is 85.9 cm³/mol. The summed E-state index contributed by atoms with van der Waals surface area (Å²) in [6.45, 7) is 0. The maximum Gasteiger partial charge on any atom is 0.300 e. The van der Waals surface area contributed by atoms with Gasteiger partial charge in [0.25, 0.3) is 0 Å². The van der Waals surface area contributed by atoms with Crippen LogP contribution >= 0.6 is 22.6 Å². The van der Waals surface area contributed by atoms with Gasteiger partial charge in [-0.1, -0.05) is 34.7 Å². The van der Waals surface area contributed by atoms with Gasteiger partial charge in [-0.2, -0.15) is 0 Å². The van der Waals surface area contributed by atoms with Gasteiger partial charge < -0.3 is 5.32 Å². The Hall–Kier alpha value is -2.23. The molecule has 3 aromatic rings. The molecule has 0 spiro atoms. The number of alkyl halides is 1. The molecule has 1 aromatic heterocycles. The zero-order chi connectivity index (χ0) is 14.8. The van der Waals surface area contributed by atoms with E-state index in [1.54, 1.807) is 6.07 Å². The van der Waals surface area contributed by atoms with Crippen molar-refractivity contribution >= 4 is 50.7 Å². The summed E-state index contributed by atoms with van der Waals surface area (Å²) >= 11 is 2.29. The maximum atomic E-state index is 10.9. The Morgan fingerprint density at radius 2 is 1.86 bits per heavy atom. The zero-order valence-electron chi connectivity index (χ0n) is 10.6. The topological polar surface area (TPSA) is 94.1 Å². The van der Waals surface area contributed by atoms with Crippen LogP contribution in [0, 0.1) is 10.1 Å². The fraction of sp³-hybridized carbons (Fsp3) is 0.0769. The molecule has 0 radical (unpaired) electrons. The summed E-state index contributed by atoms with van der Waals surface area (Å²) in [5.41, 5.74) is 3.03. The smallest absolute Gasteiger partial charge is 0.300 e. The number of benzene rings is 2. The van der Waals surface area contributed by atoms with Gasteiger partial charge in [0.1, 0.15) is 0 Å². The SMILES string of the molecule is O=[N+]([O-])c1ccc(Nc2ccc(CI)cc2)c2nonc12. The Bertz CT molecular complexity index is 801. The lowest BCUT2D eigenvalue weighted by Gasteiger charge is -2.07. The normalized spacial score (nSPS) is 10.7. The lowest BCUT2D eigenvalue weighted by Crippen LogP contribution is -1.95. The molecule has 0 aliphatic heterocycles. The highest BCUT2D eigenvalue weighted by molar-refractivity contribution is 14.1. The molecule has 3 rings (SSSR count). The van der Waals surface area contributed by atoms with Gasteiger partial charge in [0, 0.05) is 16.2 Å². The molecular formula is C13H9IN4O3. The van der Waals surface area contributed by atoms with Gasteiger partial charge in [0.15, 0.2) is 5.52 Å². The molecule has 0 aliphatic carbocycles. The van der Waals surface area contributed by atoms with Crippen molar-refractivity contribution in [2.75, 3.05) is 5.32 Å². The molecule has 1 N–H and O–H groups in total. The second-order valence-corrected chi connectivity index (χ2v) is 5.07. The van der Waals surface area contributed by atoms with E-state index in [1.807, 2.05) is 24.3 Å². The average molecular weight is 396 g/mol. The van der Waals surface area contributed by atoms with Crippen LogP contribution in [0.5, 0.6) is 0 Å². The summed E-state index contributed by atoms with van der Waals surface area (Å²) in [7, 11) is 0. The Morgan fingerprint density at radius 3 is 2.52 bits per heavy atom. The van der Waals surface area contributed by atoms with Crippen LogP contribution in [-0.4, -0.2) is 15.2 Å². The van der Waals surface area contributed by atoms with Crippen LogP contribution in [-0.2, 0) is 4.43 Å². The number of aromatic nitrogens is 2. The summed E-state index contributed by atoms with van der Waals surface area (Å²) in [4.78, 5) is 10.4. The van der Waals surface area contributed by atoms with E-state index in [2.05, 4.69) is 42.9 Å². The molecule has 21 heavy (non-hydrogen) atoms. The first-order chi connectivity index (χ1) is 10.2. The lowest BCUT2D eigenvalue weighted by atomic mass is 10.2. The minimum atomic E-state index is -0.508. The fourth-order valence-electron chi connectivity index (χ4n) is 1.93. The third kappa shape index (κ3) is 2.66. The van der Waals surface area contributed by atoms with E-state index in [-0.39, 0.29) is 11.2 Å². The number of nitro benzene ring substituents is 1. The van der Waals surface area contributed by atoms with Crippen molar-refractivity contribution in [3.8, 4) is 0 Å². The van der Waals surface area contributed by atoms with Crippen molar-refractivity contribution in [3.05, 3.63) is 52.1 Å². The molecule has 7 nitrogen and oxygen atoms in total. The van der Waals surface area contributed by atoms with Crippen LogP contribution in [0.3, 0.4) is 0 Å². The van der Waals surface area contributed by atoms with Gasteiger partial charge >= 0.3 is 5.69 Å². The molecule has 0 saturated heterocycles. The molecule has 0 atom stereocenters. The van der Waals surface area contributed by atoms with Gasteiger partial charge in [-0.25, -0.2) is 4.63 Å². The number of anilines is 2. The molecule has 8 heteroatoms. The van der Waals surface area contributed by atoms with Crippen molar-refractivity contribution in [1.82, 2.24) is 10.3 Å². The summed E-state index contributed by atoms with van der Waals surface area (Å²) in [5, 5.41) is 21.4. The molecule has 0 fully saturated rings. The second-order valence-electron chi connectivity index (χ2n) is 4.31. The zero-order valence-corrected chi connectivity index (χ0v) is 12.8.